The molecule has 0 atom stereocenters. The van der Waals surface area contributed by atoms with Crippen molar-refractivity contribution >= 4 is 52.6 Å². The predicted molar refractivity (Wildman–Crippen MR) is 117 cm³/mol. The van der Waals surface area contributed by atoms with Crippen LogP contribution in [0.25, 0.3) is 0 Å². The number of rotatable bonds is 6. The number of primary amides is 1. The molecule has 5 N–H and O–H groups in total. The summed E-state index contributed by atoms with van der Waals surface area (Å²) < 4.78 is 4.99. The van der Waals surface area contributed by atoms with E-state index in [2.05, 4.69) is 20.6 Å². The highest BCUT2D eigenvalue weighted by molar-refractivity contribution is 6.36. The number of hydrogen-bond acceptors (Lipinski definition) is 5. The number of esters is 1. The fourth-order valence-electron chi connectivity index (χ4n) is 2.67. The van der Waals surface area contributed by atoms with Crippen molar-refractivity contribution in [3.63, 3.8) is 0 Å². The van der Waals surface area contributed by atoms with Crippen molar-refractivity contribution in [1.29, 1.82) is 0 Å². The lowest BCUT2D eigenvalue weighted by molar-refractivity contribution is -0.131. The zero-order valence-electron chi connectivity index (χ0n) is 16.2. The number of imidazole rings is 1. The molecule has 3 aromatic rings. The lowest BCUT2D eigenvalue weighted by Crippen LogP contribution is -2.22. The third-order valence-corrected chi connectivity index (χ3v) is 4.51. The van der Waals surface area contributed by atoms with Gasteiger partial charge in [-0.2, -0.15) is 0 Å². The van der Waals surface area contributed by atoms with E-state index in [9.17, 15) is 14.4 Å². The molecule has 31 heavy (non-hydrogen) atoms. The maximum Gasteiger partial charge on any atom is 0.324 e. The molecule has 0 spiro atoms. The number of halogens is 2. The number of nitrogens with two attached hydrogens (primary N) is 1. The molecule has 11 heteroatoms. The summed E-state index contributed by atoms with van der Waals surface area (Å²) in [4.78, 5) is 42.1. The Balaban J connectivity index is 1.73. The van der Waals surface area contributed by atoms with E-state index in [4.69, 9.17) is 33.7 Å². The summed E-state index contributed by atoms with van der Waals surface area (Å²) in [5, 5.41) is 5.72. The molecule has 0 aliphatic rings. The molecule has 0 saturated carbocycles. The van der Waals surface area contributed by atoms with E-state index in [0.717, 1.165) is 5.56 Å². The van der Waals surface area contributed by atoms with Crippen molar-refractivity contribution in [3.05, 3.63) is 69.6 Å². The number of carbonyl (C=O) groups excluding carboxylic acids is 3. The molecular formula is C20H17Cl2N5O4. The maximum atomic E-state index is 12.3. The molecule has 1 heterocycles. The van der Waals surface area contributed by atoms with Gasteiger partial charge >= 0.3 is 12.0 Å². The second kappa shape index (κ2) is 9.50. The van der Waals surface area contributed by atoms with Crippen molar-refractivity contribution in [2.45, 2.75) is 13.3 Å². The first-order valence-corrected chi connectivity index (χ1v) is 9.66. The Morgan fingerprint density at radius 1 is 1.10 bits per heavy atom. The third kappa shape index (κ3) is 5.97. The highest BCUT2D eigenvalue weighted by Gasteiger charge is 2.18. The second-order valence-corrected chi connectivity index (χ2v) is 7.23. The normalized spacial score (nSPS) is 10.4. The molecule has 0 saturated heterocycles. The fraction of sp³-hybridized carbons (Fsp3) is 0.100. The summed E-state index contributed by atoms with van der Waals surface area (Å²) in [6.07, 6.45) is 0.312. The largest absolute Gasteiger partial charge is 0.427 e. The van der Waals surface area contributed by atoms with Crippen molar-refractivity contribution < 1.29 is 19.1 Å². The summed E-state index contributed by atoms with van der Waals surface area (Å²) in [5.74, 6) is -0.379. The molecule has 0 radical (unpaired) electrons. The van der Waals surface area contributed by atoms with E-state index in [1.807, 2.05) is 0 Å². The minimum absolute atomic E-state index is 0.0432. The van der Waals surface area contributed by atoms with Gasteiger partial charge in [-0.1, -0.05) is 35.3 Å². The molecule has 0 aliphatic heterocycles. The van der Waals surface area contributed by atoms with Crippen LogP contribution in [0.2, 0.25) is 10.0 Å². The van der Waals surface area contributed by atoms with Crippen LogP contribution in [0.4, 0.5) is 16.3 Å². The molecule has 0 unspecified atom stereocenters. The van der Waals surface area contributed by atoms with Gasteiger partial charge in [0, 0.05) is 18.4 Å². The molecule has 9 nitrogen and oxygen atoms in total. The van der Waals surface area contributed by atoms with Crippen LogP contribution in [0.5, 0.6) is 5.75 Å². The van der Waals surface area contributed by atoms with E-state index in [0.29, 0.717) is 28.7 Å². The van der Waals surface area contributed by atoms with Gasteiger partial charge in [0.2, 0.25) is 0 Å². The number of urea groups is 1. The Kier molecular flexibility index (Phi) is 6.78. The smallest absolute Gasteiger partial charge is 0.324 e. The van der Waals surface area contributed by atoms with E-state index in [-0.39, 0.29) is 16.5 Å². The lowest BCUT2D eigenvalue weighted by Gasteiger charge is -2.08. The van der Waals surface area contributed by atoms with Crippen LogP contribution in [0.1, 0.15) is 28.8 Å². The Hall–Kier alpha value is -3.56. The van der Waals surface area contributed by atoms with Crippen LogP contribution >= 0.6 is 23.2 Å². The fourth-order valence-corrected chi connectivity index (χ4v) is 3.12. The molecule has 0 aliphatic carbocycles. The number of carbonyl (C=O) groups is 3. The minimum Gasteiger partial charge on any atom is -0.427 e. The van der Waals surface area contributed by atoms with Gasteiger partial charge in [0.05, 0.1) is 10.7 Å². The van der Waals surface area contributed by atoms with E-state index in [1.54, 1.807) is 30.3 Å². The highest BCUT2D eigenvalue weighted by Crippen LogP contribution is 2.25. The van der Waals surface area contributed by atoms with Crippen LogP contribution in [0, 0.1) is 0 Å². The van der Waals surface area contributed by atoms with Crippen LogP contribution in [0.15, 0.2) is 42.5 Å². The van der Waals surface area contributed by atoms with Crippen LogP contribution in [-0.2, 0) is 11.2 Å². The molecule has 2 aromatic carbocycles. The number of aromatic amines is 1. The van der Waals surface area contributed by atoms with Gasteiger partial charge in [-0.05, 0) is 35.9 Å². The highest BCUT2D eigenvalue weighted by atomic mass is 35.5. The van der Waals surface area contributed by atoms with Crippen LogP contribution in [-0.4, -0.2) is 27.9 Å². The van der Waals surface area contributed by atoms with Gasteiger partial charge < -0.3 is 20.8 Å². The topological polar surface area (TPSA) is 139 Å². The Morgan fingerprint density at radius 2 is 1.81 bits per heavy atom. The molecular weight excluding hydrogens is 445 g/mol. The Labute approximate surface area is 186 Å². The van der Waals surface area contributed by atoms with Gasteiger partial charge in [-0.15, -0.1) is 0 Å². The van der Waals surface area contributed by atoms with Crippen molar-refractivity contribution in [2.24, 2.45) is 5.73 Å². The average molecular weight is 462 g/mol. The summed E-state index contributed by atoms with van der Waals surface area (Å²) in [6, 6.07) is 10.7. The zero-order chi connectivity index (χ0) is 22.5. The van der Waals surface area contributed by atoms with E-state index >= 15 is 0 Å². The van der Waals surface area contributed by atoms with Crippen molar-refractivity contribution in [2.75, 3.05) is 10.6 Å². The zero-order valence-corrected chi connectivity index (χ0v) is 17.7. The molecule has 160 valence electrons. The van der Waals surface area contributed by atoms with Gasteiger partial charge in [0.15, 0.2) is 5.69 Å². The summed E-state index contributed by atoms with van der Waals surface area (Å²) in [7, 11) is 0. The number of amides is 3. The van der Waals surface area contributed by atoms with E-state index < -0.39 is 17.9 Å². The van der Waals surface area contributed by atoms with Gasteiger partial charge in [0.25, 0.3) is 5.91 Å². The number of anilines is 2. The number of nitrogens with one attached hydrogen (secondary N) is 3. The first-order chi connectivity index (χ1) is 14.7. The number of hydrogen-bond donors (Lipinski definition) is 4. The number of benzene rings is 2. The average Bonchev–Trinajstić information content (AvgIpc) is 3.07. The van der Waals surface area contributed by atoms with Gasteiger partial charge in [0.1, 0.15) is 17.4 Å². The standard InChI is InChI=1S/C20H17Cl2N5O4/c1-10(28)31-13-5-2-11(3-6-13)8-16-25-17(18(23)29)19(26-16)27-20(30)24-15-7-4-12(21)9-14(15)22/h2-7,9H,8H2,1H3,(H2,23,29)(H,25,26)(H2,24,27,30). The minimum atomic E-state index is -0.812. The first kappa shape index (κ1) is 22.1. The molecule has 0 bridgehead atoms. The quantitative estimate of drug-likeness (QED) is 0.324. The Morgan fingerprint density at radius 3 is 2.42 bits per heavy atom. The first-order valence-electron chi connectivity index (χ1n) is 8.90. The lowest BCUT2D eigenvalue weighted by atomic mass is 10.1. The van der Waals surface area contributed by atoms with Crippen LogP contribution < -0.4 is 21.1 Å². The van der Waals surface area contributed by atoms with Crippen LogP contribution in [0.3, 0.4) is 0 Å². The molecule has 3 rings (SSSR count). The van der Waals surface area contributed by atoms with Crippen molar-refractivity contribution in [1.82, 2.24) is 9.97 Å². The van der Waals surface area contributed by atoms with Gasteiger partial charge in [-0.25, -0.2) is 9.78 Å². The maximum absolute atomic E-state index is 12.3. The molecule has 0 fully saturated rings. The molecule has 3 amide bonds. The van der Waals surface area contributed by atoms with Crippen molar-refractivity contribution in [3.8, 4) is 5.75 Å². The molecule has 1 aromatic heterocycles. The Bertz CT molecular complexity index is 1140. The third-order valence-electron chi connectivity index (χ3n) is 3.96. The number of aromatic nitrogens is 2. The van der Waals surface area contributed by atoms with E-state index in [1.165, 1.54) is 19.1 Å². The number of nitrogens with zero attached hydrogens (tertiary/aromatic N) is 1. The summed E-state index contributed by atoms with van der Waals surface area (Å²) >= 11 is 11.9. The second-order valence-electron chi connectivity index (χ2n) is 6.39. The predicted octanol–water partition coefficient (Wildman–Crippen LogP) is 3.98. The number of ether oxygens (including phenoxy) is 1. The summed E-state index contributed by atoms with van der Waals surface area (Å²) in [6.45, 7) is 1.31. The number of H-pyrrole nitrogens is 1. The summed E-state index contributed by atoms with van der Waals surface area (Å²) in [5.41, 5.74) is 6.41. The SMILES string of the molecule is CC(=O)Oc1ccc(Cc2nc(C(N)=O)c(NC(=O)Nc3ccc(Cl)cc3Cl)[nH]2)cc1. The van der Waals surface area contributed by atoms with Gasteiger partial charge in [-0.3, -0.25) is 14.9 Å². The monoisotopic (exact) mass is 461 g/mol.